The minimum Gasteiger partial charge on any atom is -0.481 e. The third-order valence-electron chi connectivity index (χ3n) is 4.99. The van der Waals surface area contributed by atoms with Gasteiger partial charge in [0.15, 0.2) is 0 Å². The van der Waals surface area contributed by atoms with Crippen LogP contribution in [0.15, 0.2) is 23.1 Å². The molecule has 2 atom stereocenters. The molecule has 1 N–H and O–H groups in total. The van der Waals surface area contributed by atoms with Crippen LogP contribution >= 0.6 is 23.5 Å². The molecule has 1 aliphatic rings. The highest BCUT2D eigenvalue weighted by Crippen LogP contribution is 2.41. The van der Waals surface area contributed by atoms with E-state index in [9.17, 15) is 4.79 Å². The molecule has 0 radical (unpaired) electrons. The Balaban J connectivity index is 2.27. The van der Waals surface area contributed by atoms with Crippen LogP contribution in [0.2, 0.25) is 0 Å². The predicted octanol–water partition coefficient (Wildman–Crippen LogP) is 6.50. The molecule has 0 aromatic heterocycles. The summed E-state index contributed by atoms with van der Waals surface area (Å²) >= 11 is 3.60. The SMILES string of the molecule is CC(C)(C)c1cc(S[C@H]2CCCC[C@@H]2SCC(=O)O)cc(C(C)(C)C)c1. The minimum atomic E-state index is -0.700. The standard InChI is InChI=1S/C22H34O2S2/c1-21(2,3)15-11-16(22(4,5)6)13-17(12-15)26-19-10-8-7-9-18(19)25-14-20(23)24/h11-13,18-19H,7-10,14H2,1-6H3,(H,23,24)/t18-,19-/m0/s1. The number of benzene rings is 1. The highest BCUT2D eigenvalue weighted by Gasteiger charge is 2.28. The van der Waals surface area contributed by atoms with Gasteiger partial charge in [-0.15, -0.1) is 23.5 Å². The Hall–Kier alpha value is -0.610. The number of carboxylic acid groups (broad SMARTS) is 1. The molecule has 0 heterocycles. The van der Waals surface area contributed by atoms with Gasteiger partial charge in [0.05, 0.1) is 5.75 Å². The molecule has 1 fully saturated rings. The van der Waals surface area contributed by atoms with Crippen LogP contribution in [-0.2, 0) is 15.6 Å². The molecule has 2 rings (SSSR count). The number of carbonyl (C=O) groups is 1. The van der Waals surface area contributed by atoms with Gasteiger partial charge in [0, 0.05) is 15.4 Å². The number of hydrogen-bond donors (Lipinski definition) is 1. The summed E-state index contributed by atoms with van der Waals surface area (Å²) in [5.74, 6) is -0.481. The van der Waals surface area contributed by atoms with Crippen molar-refractivity contribution in [1.29, 1.82) is 0 Å². The van der Waals surface area contributed by atoms with Crippen LogP contribution in [0.3, 0.4) is 0 Å². The Kier molecular flexibility index (Phi) is 7.17. The molecular weight excluding hydrogens is 360 g/mol. The van der Waals surface area contributed by atoms with E-state index in [4.69, 9.17) is 5.11 Å². The Morgan fingerprint density at radius 2 is 1.46 bits per heavy atom. The molecule has 0 spiro atoms. The molecule has 0 saturated heterocycles. The first kappa shape index (κ1) is 21.7. The molecular formula is C22H34O2S2. The molecule has 1 aliphatic carbocycles. The fourth-order valence-electron chi connectivity index (χ4n) is 3.27. The lowest BCUT2D eigenvalue weighted by Gasteiger charge is -2.31. The lowest BCUT2D eigenvalue weighted by molar-refractivity contribution is -0.133. The zero-order valence-electron chi connectivity index (χ0n) is 17.1. The topological polar surface area (TPSA) is 37.3 Å². The Bertz CT molecular complexity index is 594. The maximum absolute atomic E-state index is 11.0. The second kappa shape index (κ2) is 8.60. The number of thioether (sulfide) groups is 2. The fraction of sp³-hybridized carbons (Fsp3) is 0.682. The lowest BCUT2D eigenvalue weighted by Crippen LogP contribution is -2.26. The average molecular weight is 395 g/mol. The van der Waals surface area contributed by atoms with E-state index in [1.54, 1.807) is 11.8 Å². The molecule has 146 valence electrons. The van der Waals surface area contributed by atoms with Gasteiger partial charge in [-0.3, -0.25) is 4.79 Å². The van der Waals surface area contributed by atoms with Gasteiger partial charge < -0.3 is 5.11 Å². The van der Waals surface area contributed by atoms with E-state index in [2.05, 4.69) is 59.7 Å². The Labute approximate surface area is 167 Å². The van der Waals surface area contributed by atoms with E-state index in [0.29, 0.717) is 10.5 Å². The normalized spacial score (nSPS) is 21.6. The van der Waals surface area contributed by atoms with Crippen LogP contribution in [0, 0.1) is 0 Å². The zero-order chi connectivity index (χ0) is 19.5. The van der Waals surface area contributed by atoms with Crippen molar-refractivity contribution in [3.63, 3.8) is 0 Å². The molecule has 0 unspecified atom stereocenters. The van der Waals surface area contributed by atoms with Crippen LogP contribution in [0.1, 0.15) is 78.4 Å². The van der Waals surface area contributed by atoms with Crippen LogP contribution in [0.4, 0.5) is 0 Å². The van der Waals surface area contributed by atoms with E-state index >= 15 is 0 Å². The van der Waals surface area contributed by atoms with E-state index in [1.807, 2.05) is 11.8 Å². The van der Waals surface area contributed by atoms with Gasteiger partial charge in [0.1, 0.15) is 0 Å². The van der Waals surface area contributed by atoms with Crippen molar-refractivity contribution in [2.45, 2.75) is 93.5 Å². The van der Waals surface area contributed by atoms with Crippen LogP contribution in [0.5, 0.6) is 0 Å². The third-order valence-corrected chi connectivity index (χ3v) is 7.94. The number of rotatable bonds is 5. The van der Waals surface area contributed by atoms with E-state index in [0.717, 1.165) is 6.42 Å². The average Bonchev–Trinajstić information content (AvgIpc) is 2.52. The summed E-state index contributed by atoms with van der Waals surface area (Å²) in [6, 6.07) is 7.07. The molecule has 26 heavy (non-hydrogen) atoms. The zero-order valence-corrected chi connectivity index (χ0v) is 18.7. The first-order valence-electron chi connectivity index (χ1n) is 9.63. The molecule has 0 amide bonds. The quantitative estimate of drug-likeness (QED) is 0.618. The van der Waals surface area contributed by atoms with E-state index < -0.39 is 5.97 Å². The van der Waals surface area contributed by atoms with Crippen LogP contribution < -0.4 is 0 Å². The molecule has 1 aromatic carbocycles. The van der Waals surface area contributed by atoms with Crippen molar-refractivity contribution < 1.29 is 9.90 Å². The Morgan fingerprint density at radius 1 is 0.962 bits per heavy atom. The van der Waals surface area contributed by atoms with Crippen molar-refractivity contribution in [3.8, 4) is 0 Å². The first-order chi connectivity index (χ1) is 12.0. The summed E-state index contributed by atoms with van der Waals surface area (Å²) in [7, 11) is 0. The molecule has 4 heteroatoms. The van der Waals surface area contributed by atoms with Gasteiger partial charge >= 0.3 is 5.97 Å². The monoisotopic (exact) mass is 394 g/mol. The largest absolute Gasteiger partial charge is 0.481 e. The molecule has 1 aromatic rings. The van der Waals surface area contributed by atoms with Gasteiger partial charge in [-0.2, -0.15) is 0 Å². The van der Waals surface area contributed by atoms with Gasteiger partial charge in [-0.05, 0) is 46.9 Å². The summed E-state index contributed by atoms with van der Waals surface area (Å²) in [6.07, 6.45) is 4.81. The van der Waals surface area contributed by atoms with E-state index in [-0.39, 0.29) is 16.6 Å². The lowest BCUT2D eigenvalue weighted by atomic mass is 9.81. The second-order valence-electron chi connectivity index (χ2n) is 9.43. The van der Waals surface area contributed by atoms with Crippen molar-refractivity contribution in [2.24, 2.45) is 0 Å². The highest BCUT2D eigenvalue weighted by molar-refractivity contribution is 8.04. The number of aliphatic carboxylic acids is 1. The first-order valence-corrected chi connectivity index (χ1v) is 11.6. The summed E-state index contributed by atoms with van der Waals surface area (Å²) in [6.45, 7) is 13.6. The second-order valence-corrected chi connectivity index (χ2v) is 12.0. The summed E-state index contributed by atoms with van der Waals surface area (Å²) < 4.78 is 0. The van der Waals surface area contributed by atoms with Crippen LogP contribution in [-0.4, -0.2) is 27.3 Å². The predicted molar refractivity (Wildman–Crippen MR) is 116 cm³/mol. The van der Waals surface area contributed by atoms with E-state index in [1.165, 1.54) is 35.3 Å². The van der Waals surface area contributed by atoms with Crippen molar-refractivity contribution in [2.75, 3.05) is 5.75 Å². The molecule has 0 aliphatic heterocycles. The maximum atomic E-state index is 11.0. The molecule has 2 nitrogen and oxygen atoms in total. The molecule has 1 saturated carbocycles. The van der Waals surface area contributed by atoms with Gasteiger partial charge in [0.25, 0.3) is 0 Å². The van der Waals surface area contributed by atoms with Crippen molar-refractivity contribution >= 4 is 29.5 Å². The van der Waals surface area contributed by atoms with Gasteiger partial charge in [0.2, 0.25) is 0 Å². The smallest absolute Gasteiger partial charge is 0.313 e. The fourth-order valence-corrected chi connectivity index (χ4v) is 6.03. The van der Waals surface area contributed by atoms with Gasteiger partial charge in [-0.1, -0.05) is 60.5 Å². The molecule has 0 bridgehead atoms. The Morgan fingerprint density at radius 3 is 1.92 bits per heavy atom. The summed E-state index contributed by atoms with van der Waals surface area (Å²) in [4.78, 5) is 12.3. The van der Waals surface area contributed by atoms with Crippen molar-refractivity contribution in [1.82, 2.24) is 0 Å². The third kappa shape index (κ3) is 6.23. The summed E-state index contributed by atoms with van der Waals surface area (Å²) in [5, 5.41) is 10.0. The maximum Gasteiger partial charge on any atom is 0.313 e. The summed E-state index contributed by atoms with van der Waals surface area (Å²) in [5.41, 5.74) is 3.03. The van der Waals surface area contributed by atoms with Crippen LogP contribution in [0.25, 0.3) is 0 Å². The van der Waals surface area contributed by atoms with Gasteiger partial charge in [-0.25, -0.2) is 0 Å². The van der Waals surface area contributed by atoms with Crippen molar-refractivity contribution in [3.05, 3.63) is 29.3 Å². The highest BCUT2D eigenvalue weighted by atomic mass is 32.2. The number of hydrogen-bond acceptors (Lipinski definition) is 3. The number of carboxylic acids is 1. The minimum absolute atomic E-state index is 0.126.